The molecule has 2 aromatic rings. The molecule has 0 aliphatic heterocycles. The van der Waals surface area contributed by atoms with Crippen LogP contribution in [-0.2, 0) is 0 Å². The number of nitrogens with two attached hydrogens (primary N) is 1. The Hall–Kier alpha value is -2.30. The van der Waals surface area contributed by atoms with E-state index in [1.807, 2.05) is 6.92 Å². The lowest BCUT2D eigenvalue weighted by Crippen LogP contribution is -1.97. The SMILES string of the molecule is COc1cc(C)nc(Oc2cccc(N)c2)n1. The largest absolute Gasteiger partial charge is 0.481 e. The van der Waals surface area contributed by atoms with Gasteiger partial charge in [-0.1, -0.05) is 6.07 Å². The molecule has 2 rings (SSSR count). The van der Waals surface area contributed by atoms with Crippen LogP contribution < -0.4 is 15.2 Å². The topological polar surface area (TPSA) is 70.3 Å². The molecular weight excluding hydrogens is 218 g/mol. The Kier molecular flexibility index (Phi) is 3.09. The molecule has 0 aliphatic carbocycles. The van der Waals surface area contributed by atoms with Gasteiger partial charge in [-0.25, -0.2) is 0 Å². The highest BCUT2D eigenvalue weighted by molar-refractivity contribution is 5.44. The molecule has 0 fully saturated rings. The highest BCUT2D eigenvalue weighted by atomic mass is 16.5. The van der Waals surface area contributed by atoms with Gasteiger partial charge in [0.05, 0.1) is 7.11 Å². The fraction of sp³-hybridized carbons (Fsp3) is 0.167. The van der Waals surface area contributed by atoms with Crippen LogP contribution in [0.5, 0.6) is 17.6 Å². The van der Waals surface area contributed by atoms with Crippen LogP contribution in [0.2, 0.25) is 0 Å². The van der Waals surface area contributed by atoms with E-state index in [0.29, 0.717) is 17.3 Å². The van der Waals surface area contributed by atoms with Crippen molar-refractivity contribution < 1.29 is 9.47 Å². The summed E-state index contributed by atoms with van der Waals surface area (Å²) < 4.78 is 10.5. The van der Waals surface area contributed by atoms with E-state index in [-0.39, 0.29) is 6.01 Å². The van der Waals surface area contributed by atoms with Crippen LogP contribution in [0.15, 0.2) is 30.3 Å². The lowest BCUT2D eigenvalue weighted by Gasteiger charge is -2.06. The maximum atomic E-state index is 5.65. The van der Waals surface area contributed by atoms with Gasteiger partial charge in [0.25, 0.3) is 0 Å². The number of nitrogen functional groups attached to an aromatic ring is 1. The van der Waals surface area contributed by atoms with Gasteiger partial charge in [-0.3, -0.25) is 0 Å². The lowest BCUT2D eigenvalue weighted by atomic mass is 10.3. The summed E-state index contributed by atoms with van der Waals surface area (Å²) in [5.41, 5.74) is 7.05. The molecule has 17 heavy (non-hydrogen) atoms. The summed E-state index contributed by atoms with van der Waals surface area (Å²) in [6.45, 7) is 1.84. The van der Waals surface area contributed by atoms with Crippen molar-refractivity contribution >= 4 is 5.69 Å². The predicted octanol–water partition coefficient (Wildman–Crippen LogP) is 2.17. The Morgan fingerprint density at radius 2 is 2.00 bits per heavy atom. The molecule has 0 aliphatic rings. The third-order valence-corrected chi connectivity index (χ3v) is 2.09. The second-order valence-corrected chi connectivity index (χ2v) is 3.51. The minimum atomic E-state index is 0.243. The summed E-state index contributed by atoms with van der Waals surface area (Å²) in [7, 11) is 1.55. The van der Waals surface area contributed by atoms with Crippen molar-refractivity contribution in [1.29, 1.82) is 0 Å². The fourth-order valence-electron chi connectivity index (χ4n) is 1.35. The second-order valence-electron chi connectivity index (χ2n) is 3.51. The van der Waals surface area contributed by atoms with Crippen molar-refractivity contribution in [2.24, 2.45) is 0 Å². The molecule has 0 atom stereocenters. The molecule has 2 N–H and O–H groups in total. The Bertz CT molecular complexity index is 529. The molecule has 1 aromatic heterocycles. The number of ether oxygens (including phenoxy) is 2. The monoisotopic (exact) mass is 231 g/mol. The van der Waals surface area contributed by atoms with Crippen molar-refractivity contribution in [2.75, 3.05) is 12.8 Å². The fourth-order valence-corrected chi connectivity index (χ4v) is 1.35. The Morgan fingerprint density at radius 1 is 1.18 bits per heavy atom. The number of hydrogen-bond donors (Lipinski definition) is 1. The molecular formula is C12H13N3O2. The smallest absolute Gasteiger partial charge is 0.325 e. The minimum Gasteiger partial charge on any atom is -0.481 e. The zero-order chi connectivity index (χ0) is 12.3. The Labute approximate surface area is 99.2 Å². The standard InChI is InChI=1S/C12H13N3O2/c1-8-6-11(16-2)15-12(14-8)17-10-5-3-4-9(13)7-10/h3-7H,13H2,1-2H3. The van der Waals surface area contributed by atoms with E-state index in [4.69, 9.17) is 15.2 Å². The van der Waals surface area contributed by atoms with Gasteiger partial charge in [0.2, 0.25) is 5.88 Å². The van der Waals surface area contributed by atoms with Crippen LogP contribution in [0.3, 0.4) is 0 Å². The van der Waals surface area contributed by atoms with E-state index >= 15 is 0 Å². The molecule has 0 spiro atoms. The molecule has 88 valence electrons. The maximum absolute atomic E-state index is 5.65. The van der Waals surface area contributed by atoms with Crippen molar-refractivity contribution in [3.8, 4) is 17.6 Å². The first-order valence-electron chi connectivity index (χ1n) is 5.10. The molecule has 0 saturated carbocycles. The number of hydrogen-bond acceptors (Lipinski definition) is 5. The first-order valence-corrected chi connectivity index (χ1v) is 5.10. The van der Waals surface area contributed by atoms with Gasteiger partial charge in [0, 0.05) is 23.5 Å². The molecule has 1 aromatic carbocycles. The average molecular weight is 231 g/mol. The van der Waals surface area contributed by atoms with Gasteiger partial charge in [-0.15, -0.1) is 0 Å². The summed E-state index contributed by atoms with van der Waals surface area (Å²) in [5, 5.41) is 0. The molecule has 0 bridgehead atoms. The van der Waals surface area contributed by atoms with Gasteiger partial charge >= 0.3 is 6.01 Å². The molecule has 0 saturated heterocycles. The Balaban J connectivity index is 2.26. The van der Waals surface area contributed by atoms with E-state index in [0.717, 1.165) is 5.69 Å². The summed E-state index contributed by atoms with van der Waals surface area (Å²) in [6, 6.07) is 9.05. The first-order chi connectivity index (χ1) is 8.17. The van der Waals surface area contributed by atoms with E-state index in [1.165, 1.54) is 0 Å². The average Bonchev–Trinajstić information content (AvgIpc) is 2.28. The van der Waals surface area contributed by atoms with Gasteiger partial charge in [-0.2, -0.15) is 9.97 Å². The van der Waals surface area contributed by atoms with Crippen molar-refractivity contribution in [1.82, 2.24) is 9.97 Å². The molecule has 0 radical (unpaired) electrons. The predicted molar refractivity (Wildman–Crippen MR) is 64.2 cm³/mol. The van der Waals surface area contributed by atoms with E-state index in [9.17, 15) is 0 Å². The third-order valence-electron chi connectivity index (χ3n) is 2.09. The maximum Gasteiger partial charge on any atom is 0.325 e. The van der Waals surface area contributed by atoms with E-state index in [1.54, 1.807) is 37.4 Å². The van der Waals surface area contributed by atoms with Crippen LogP contribution in [0.1, 0.15) is 5.69 Å². The number of methoxy groups -OCH3 is 1. The van der Waals surface area contributed by atoms with Crippen LogP contribution >= 0.6 is 0 Å². The number of anilines is 1. The molecule has 5 heteroatoms. The molecule has 1 heterocycles. The lowest BCUT2D eigenvalue weighted by molar-refractivity contribution is 0.375. The molecule has 5 nitrogen and oxygen atoms in total. The first kappa shape index (κ1) is 11.2. The number of aromatic nitrogens is 2. The minimum absolute atomic E-state index is 0.243. The van der Waals surface area contributed by atoms with Crippen molar-refractivity contribution in [3.05, 3.63) is 36.0 Å². The highest BCUT2D eigenvalue weighted by Crippen LogP contribution is 2.22. The summed E-state index contributed by atoms with van der Waals surface area (Å²) in [5.74, 6) is 1.06. The number of aryl methyl sites for hydroxylation is 1. The van der Waals surface area contributed by atoms with E-state index in [2.05, 4.69) is 9.97 Å². The zero-order valence-corrected chi connectivity index (χ0v) is 9.68. The zero-order valence-electron chi connectivity index (χ0n) is 9.68. The summed E-state index contributed by atoms with van der Waals surface area (Å²) in [4.78, 5) is 8.23. The van der Waals surface area contributed by atoms with E-state index < -0.39 is 0 Å². The van der Waals surface area contributed by atoms with Crippen molar-refractivity contribution in [2.45, 2.75) is 6.92 Å². The quantitative estimate of drug-likeness (QED) is 0.820. The molecule has 0 unspecified atom stereocenters. The van der Waals surface area contributed by atoms with Crippen LogP contribution in [0, 0.1) is 6.92 Å². The second kappa shape index (κ2) is 4.69. The Morgan fingerprint density at radius 3 is 2.71 bits per heavy atom. The van der Waals surface area contributed by atoms with Gasteiger partial charge in [0.15, 0.2) is 0 Å². The van der Waals surface area contributed by atoms with Crippen LogP contribution in [0.4, 0.5) is 5.69 Å². The number of rotatable bonds is 3. The van der Waals surface area contributed by atoms with Crippen LogP contribution in [-0.4, -0.2) is 17.1 Å². The highest BCUT2D eigenvalue weighted by Gasteiger charge is 2.04. The van der Waals surface area contributed by atoms with Crippen molar-refractivity contribution in [3.63, 3.8) is 0 Å². The summed E-state index contributed by atoms with van der Waals surface area (Å²) >= 11 is 0. The number of benzene rings is 1. The van der Waals surface area contributed by atoms with Crippen LogP contribution in [0.25, 0.3) is 0 Å². The molecule has 0 amide bonds. The number of nitrogens with zero attached hydrogens (tertiary/aromatic N) is 2. The van der Waals surface area contributed by atoms with Gasteiger partial charge in [-0.05, 0) is 19.1 Å². The third kappa shape index (κ3) is 2.84. The normalized spacial score (nSPS) is 10.0. The van der Waals surface area contributed by atoms with Gasteiger partial charge < -0.3 is 15.2 Å². The summed E-state index contributed by atoms with van der Waals surface area (Å²) in [6.07, 6.45) is 0. The van der Waals surface area contributed by atoms with Gasteiger partial charge in [0.1, 0.15) is 5.75 Å².